The Hall–Kier alpha value is -0.650. The zero-order valence-electron chi connectivity index (χ0n) is 13.1. The van der Waals surface area contributed by atoms with Crippen molar-refractivity contribution in [1.82, 2.24) is 5.32 Å². The van der Waals surface area contributed by atoms with Gasteiger partial charge in [-0.3, -0.25) is 4.79 Å². The van der Waals surface area contributed by atoms with Gasteiger partial charge in [0, 0.05) is 19.3 Å². The van der Waals surface area contributed by atoms with Crippen LogP contribution in [0.2, 0.25) is 0 Å². The first-order valence-corrected chi connectivity index (χ1v) is 7.75. The van der Waals surface area contributed by atoms with Crippen molar-refractivity contribution in [1.29, 1.82) is 0 Å². The van der Waals surface area contributed by atoms with Crippen LogP contribution >= 0.6 is 0 Å². The Balaban J connectivity index is 2.12. The lowest BCUT2D eigenvalue weighted by molar-refractivity contribution is -0.124. The summed E-state index contributed by atoms with van der Waals surface area (Å²) in [5, 5.41) is 3.36. The Labute approximate surface area is 122 Å². The summed E-state index contributed by atoms with van der Waals surface area (Å²) in [4.78, 5) is 11.6. The molecule has 2 unspecified atom stereocenters. The van der Waals surface area contributed by atoms with Crippen molar-refractivity contribution < 1.29 is 14.3 Å². The Kier molecular flexibility index (Phi) is 7.48. The van der Waals surface area contributed by atoms with Gasteiger partial charge in [0.15, 0.2) is 0 Å². The summed E-state index contributed by atoms with van der Waals surface area (Å²) < 4.78 is 10.9. The number of carbonyl (C=O) groups excluding carboxylic acids is 1. The molecule has 118 valence electrons. The zero-order chi connectivity index (χ0) is 15.0. The van der Waals surface area contributed by atoms with E-state index < -0.39 is 5.54 Å². The molecule has 1 fully saturated rings. The van der Waals surface area contributed by atoms with E-state index in [1.165, 1.54) is 0 Å². The van der Waals surface area contributed by atoms with Crippen LogP contribution in [0, 0.1) is 0 Å². The van der Waals surface area contributed by atoms with Crippen molar-refractivity contribution in [2.24, 2.45) is 5.73 Å². The van der Waals surface area contributed by atoms with Gasteiger partial charge in [0.05, 0.1) is 18.2 Å². The number of rotatable bonds is 12. The van der Waals surface area contributed by atoms with E-state index in [-0.39, 0.29) is 12.0 Å². The smallest absolute Gasteiger partial charge is 0.237 e. The third kappa shape index (κ3) is 6.68. The number of hydrogen-bond acceptors (Lipinski definition) is 4. The molecule has 0 aromatic heterocycles. The van der Waals surface area contributed by atoms with Crippen LogP contribution in [0.1, 0.15) is 52.9 Å². The number of carbonyl (C=O) groups is 1. The normalized spacial score (nSPS) is 19.6. The lowest BCUT2D eigenvalue weighted by Crippen LogP contribution is -2.53. The van der Waals surface area contributed by atoms with Gasteiger partial charge in [0.1, 0.15) is 0 Å². The summed E-state index contributed by atoms with van der Waals surface area (Å²) in [7, 11) is 0. The molecule has 0 heterocycles. The van der Waals surface area contributed by atoms with Crippen molar-refractivity contribution in [3.63, 3.8) is 0 Å². The molecule has 20 heavy (non-hydrogen) atoms. The fourth-order valence-corrected chi connectivity index (χ4v) is 2.14. The summed E-state index contributed by atoms with van der Waals surface area (Å²) in [6.45, 7) is 7.96. The second-order valence-electron chi connectivity index (χ2n) is 5.91. The average Bonchev–Trinajstić information content (AvgIpc) is 3.19. The summed E-state index contributed by atoms with van der Waals surface area (Å²) in [6.07, 6.45) is 5.07. The Morgan fingerprint density at radius 2 is 2.15 bits per heavy atom. The van der Waals surface area contributed by atoms with E-state index >= 15 is 0 Å². The molecule has 5 nitrogen and oxygen atoms in total. The molecular formula is C15H30N2O3. The van der Waals surface area contributed by atoms with Crippen molar-refractivity contribution in [2.75, 3.05) is 19.8 Å². The van der Waals surface area contributed by atoms with Gasteiger partial charge in [-0.05, 0) is 52.9 Å². The maximum Gasteiger partial charge on any atom is 0.237 e. The number of primary amides is 1. The summed E-state index contributed by atoms with van der Waals surface area (Å²) >= 11 is 0. The van der Waals surface area contributed by atoms with Crippen molar-refractivity contribution in [3.8, 4) is 0 Å². The molecule has 1 rings (SSSR count). The quantitative estimate of drug-likeness (QED) is 0.534. The highest BCUT2D eigenvalue weighted by atomic mass is 16.5. The Morgan fingerprint density at radius 3 is 2.70 bits per heavy atom. The van der Waals surface area contributed by atoms with Crippen molar-refractivity contribution in [2.45, 2.75) is 70.6 Å². The van der Waals surface area contributed by atoms with E-state index in [9.17, 15) is 4.79 Å². The van der Waals surface area contributed by atoms with Gasteiger partial charge in [-0.1, -0.05) is 0 Å². The highest BCUT2D eigenvalue weighted by molar-refractivity contribution is 5.84. The van der Waals surface area contributed by atoms with Gasteiger partial charge in [0.2, 0.25) is 5.91 Å². The van der Waals surface area contributed by atoms with Crippen molar-refractivity contribution in [3.05, 3.63) is 0 Å². The first-order valence-electron chi connectivity index (χ1n) is 7.75. The molecule has 0 spiro atoms. The molecule has 2 atom stereocenters. The van der Waals surface area contributed by atoms with E-state index in [1.807, 2.05) is 20.8 Å². The van der Waals surface area contributed by atoms with Gasteiger partial charge < -0.3 is 20.5 Å². The van der Waals surface area contributed by atoms with Crippen LogP contribution in [0.5, 0.6) is 0 Å². The second-order valence-corrected chi connectivity index (χ2v) is 5.91. The monoisotopic (exact) mass is 286 g/mol. The predicted octanol–water partition coefficient (Wildman–Crippen LogP) is 1.59. The maximum absolute atomic E-state index is 11.6. The molecule has 0 aliphatic heterocycles. The number of amides is 1. The molecule has 0 saturated heterocycles. The van der Waals surface area contributed by atoms with Gasteiger partial charge in [-0.2, -0.15) is 0 Å². The molecule has 0 aromatic rings. The molecular weight excluding hydrogens is 256 g/mol. The predicted molar refractivity (Wildman–Crippen MR) is 79.5 cm³/mol. The van der Waals surface area contributed by atoms with Crippen LogP contribution in [0.4, 0.5) is 0 Å². The van der Waals surface area contributed by atoms with Gasteiger partial charge in [-0.25, -0.2) is 0 Å². The number of hydrogen-bond donors (Lipinski definition) is 2. The topological polar surface area (TPSA) is 73.6 Å². The average molecular weight is 286 g/mol. The third-order valence-corrected chi connectivity index (χ3v) is 3.67. The number of nitrogens with one attached hydrogen (secondary N) is 1. The largest absolute Gasteiger partial charge is 0.379 e. The van der Waals surface area contributed by atoms with E-state index in [1.54, 1.807) is 0 Å². The molecule has 3 N–H and O–H groups in total. The Bertz CT molecular complexity index is 295. The van der Waals surface area contributed by atoms with Crippen LogP contribution in [0.15, 0.2) is 0 Å². The minimum absolute atomic E-state index is 0.127. The van der Waals surface area contributed by atoms with E-state index in [0.717, 1.165) is 38.7 Å². The van der Waals surface area contributed by atoms with E-state index in [4.69, 9.17) is 15.2 Å². The molecule has 0 aromatic carbocycles. The Morgan fingerprint density at radius 1 is 1.45 bits per heavy atom. The zero-order valence-corrected chi connectivity index (χ0v) is 13.1. The standard InChI is InChI=1S/C15H30N2O3/c1-4-19-11-12(2)20-10-6-5-9-15(3,14(16)18)17-13-7-8-13/h12-13,17H,4-11H2,1-3H3,(H2,16,18). The lowest BCUT2D eigenvalue weighted by Gasteiger charge is -2.27. The lowest BCUT2D eigenvalue weighted by atomic mass is 9.94. The van der Waals surface area contributed by atoms with Crippen LogP contribution < -0.4 is 11.1 Å². The molecule has 5 heteroatoms. The highest BCUT2D eigenvalue weighted by Gasteiger charge is 2.36. The fraction of sp³-hybridized carbons (Fsp3) is 0.933. The minimum atomic E-state index is -0.571. The maximum atomic E-state index is 11.6. The minimum Gasteiger partial charge on any atom is -0.379 e. The summed E-state index contributed by atoms with van der Waals surface area (Å²) in [6, 6.07) is 0.481. The molecule has 1 aliphatic rings. The van der Waals surface area contributed by atoms with Crippen molar-refractivity contribution >= 4 is 5.91 Å². The fourth-order valence-electron chi connectivity index (χ4n) is 2.14. The molecule has 0 bridgehead atoms. The molecule has 1 saturated carbocycles. The highest BCUT2D eigenvalue weighted by Crippen LogP contribution is 2.25. The van der Waals surface area contributed by atoms with Gasteiger partial charge in [-0.15, -0.1) is 0 Å². The number of nitrogens with two attached hydrogens (primary N) is 1. The van der Waals surface area contributed by atoms with Crippen LogP contribution in [-0.2, 0) is 14.3 Å². The summed E-state index contributed by atoms with van der Waals surface area (Å²) in [5.41, 5.74) is 4.94. The second kappa shape index (κ2) is 8.60. The third-order valence-electron chi connectivity index (χ3n) is 3.67. The SMILES string of the molecule is CCOCC(C)OCCCCC(C)(NC1CC1)C(N)=O. The number of unbranched alkanes of at least 4 members (excludes halogenated alkanes) is 1. The summed E-state index contributed by atoms with van der Waals surface area (Å²) in [5.74, 6) is -0.255. The molecule has 1 aliphatic carbocycles. The first kappa shape index (κ1) is 17.4. The number of ether oxygens (including phenoxy) is 2. The first-order chi connectivity index (χ1) is 9.48. The molecule has 1 amide bonds. The van der Waals surface area contributed by atoms with Crippen LogP contribution in [0.3, 0.4) is 0 Å². The van der Waals surface area contributed by atoms with Gasteiger partial charge >= 0.3 is 0 Å². The van der Waals surface area contributed by atoms with Gasteiger partial charge in [0.25, 0.3) is 0 Å². The van der Waals surface area contributed by atoms with E-state index in [0.29, 0.717) is 19.3 Å². The molecule has 0 radical (unpaired) electrons. The van der Waals surface area contributed by atoms with E-state index in [2.05, 4.69) is 5.32 Å². The van der Waals surface area contributed by atoms with Crippen LogP contribution in [0.25, 0.3) is 0 Å². The van der Waals surface area contributed by atoms with Crippen LogP contribution in [-0.4, -0.2) is 43.4 Å².